The maximum atomic E-state index is 13.6. The summed E-state index contributed by atoms with van der Waals surface area (Å²) >= 11 is 0. The van der Waals surface area contributed by atoms with Gasteiger partial charge in [-0.2, -0.15) is 0 Å². The number of rotatable bonds is 5. The molecule has 5 amide bonds. The van der Waals surface area contributed by atoms with Crippen molar-refractivity contribution < 1.29 is 28.3 Å². The average Bonchev–Trinajstić information content (AvgIpc) is 2.65. The molecule has 142 valence electrons. The van der Waals surface area contributed by atoms with Gasteiger partial charge in [-0.25, -0.2) is 9.18 Å². The van der Waals surface area contributed by atoms with Crippen molar-refractivity contribution in [3.05, 3.63) is 65.5 Å². The quantitative estimate of drug-likeness (QED) is 0.536. The number of anilines is 1. The summed E-state index contributed by atoms with van der Waals surface area (Å²) in [4.78, 5) is 46.8. The first-order valence-electron chi connectivity index (χ1n) is 8.08. The highest BCUT2D eigenvalue weighted by Crippen LogP contribution is 2.22. The van der Waals surface area contributed by atoms with Gasteiger partial charge in [-0.05, 0) is 24.3 Å². The maximum Gasteiger partial charge on any atom is 0.328 e. The molecule has 9 heteroatoms. The standard InChI is InChI=1S/C19H14FN3O5/c20-13-6-2-3-7-14(13)21-16(24)10-28-15-8-4-1-5-11(15)9-12-17(25)22-19(27)23-18(12)26/h1-9H,10H2,(H,21,24)(H2,22,23,25,26,27). The van der Waals surface area contributed by atoms with Crippen molar-refractivity contribution in [2.75, 3.05) is 11.9 Å². The number of para-hydroxylation sites is 2. The van der Waals surface area contributed by atoms with Crippen LogP contribution in [-0.2, 0) is 14.4 Å². The molecule has 0 unspecified atom stereocenters. The van der Waals surface area contributed by atoms with Crippen molar-refractivity contribution in [1.82, 2.24) is 10.6 Å². The minimum absolute atomic E-state index is 0.0201. The Kier molecular flexibility index (Phi) is 5.45. The fraction of sp³-hybridized carbons (Fsp3) is 0.0526. The van der Waals surface area contributed by atoms with Crippen LogP contribution < -0.4 is 20.7 Å². The molecule has 1 aliphatic heterocycles. The molecule has 0 radical (unpaired) electrons. The summed E-state index contributed by atoms with van der Waals surface area (Å²) in [7, 11) is 0. The molecule has 1 aliphatic rings. The highest BCUT2D eigenvalue weighted by molar-refractivity contribution is 6.31. The Morgan fingerprint density at radius 1 is 1.00 bits per heavy atom. The predicted molar refractivity (Wildman–Crippen MR) is 96.6 cm³/mol. The van der Waals surface area contributed by atoms with Gasteiger partial charge in [0.2, 0.25) is 0 Å². The molecule has 28 heavy (non-hydrogen) atoms. The predicted octanol–water partition coefficient (Wildman–Crippen LogP) is 1.59. The second-order valence-electron chi connectivity index (χ2n) is 5.65. The summed E-state index contributed by atoms with van der Waals surface area (Å²) in [6.07, 6.45) is 1.24. The van der Waals surface area contributed by atoms with Crippen LogP contribution in [0.3, 0.4) is 0 Å². The minimum atomic E-state index is -0.901. The van der Waals surface area contributed by atoms with Gasteiger partial charge in [0.1, 0.15) is 17.1 Å². The number of hydrogen-bond acceptors (Lipinski definition) is 5. The zero-order valence-corrected chi connectivity index (χ0v) is 14.3. The molecule has 0 aromatic heterocycles. The van der Waals surface area contributed by atoms with Crippen LogP contribution in [0.5, 0.6) is 5.75 Å². The average molecular weight is 383 g/mol. The van der Waals surface area contributed by atoms with Crippen molar-refractivity contribution in [3.63, 3.8) is 0 Å². The van der Waals surface area contributed by atoms with Crippen LogP contribution in [0.2, 0.25) is 0 Å². The summed E-state index contributed by atoms with van der Waals surface area (Å²) in [5.74, 6) is -2.64. The third kappa shape index (κ3) is 4.39. The molecule has 8 nitrogen and oxygen atoms in total. The van der Waals surface area contributed by atoms with E-state index in [1.165, 1.54) is 30.3 Å². The van der Waals surface area contributed by atoms with Gasteiger partial charge in [0.05, 0.1) is 5.69 Å². The number of imide groups is 2. The minimum Gasteiger partial charge on any atom is -0.483 e. The molecule has 2 aromatic carbocycles. The first-order valence-corrected chi connectivity index (χ1v) is 8.08. The van der Waals surface area contributed by atoms with Crippen LogP contribution in [0.4, 0.5) is 14.9 Å². The third-order valence-corrected chi connectivity index (χ3v) is 3.67. The van der Waals surface area contributed by atoms with Gasteiger partial charge in [-0.1, -0.05) is 30.3 Å². The van der Waals surface area contributed by atoms with Crippen molar-refractivity contribution in [3.8, 4) is 5.75 Å². The molecule has 0 spiro atoms. The highest BCUT2D eigenvalue weighted by Gasteiger charge is 2.28. The van der Waals surface area contributed by atoms with Crippen molar-refractivity contribution in [2.24, 2.45) is 0 Å². The maximum absolute atomic E-state index is 13.6. The first kappa shape index (κ1) is 18.8. The van der Waals surface area contributed by atoms with Crippen molar-refractivity contribution in [1.29, 1.82) is 0 Å². The van der Waals surface area contributed by atoms with Gasteiger partial charge in [0.15, 0.2) is 6.61 Å². The summed E-state index contributed by atoms with van der Waals surface area (Å²) in [5.41, 5.74) is 0.0778. The van der Waals surface area contributed by atoms with Crippen molar-refractivity contribution >= 4 is 35.5 Å². The van der Waals surface area contributed by atoms with Gasteiger partial charge in [-0.3, -0.25) is 25.0 Å². The van der Waals surface area contributed by atoms with E-state index >= 15 is 0 Å². The largest absolute Gasteiger partial charge is 0.483 e. The number of urea groups is 1. The number of benzene rings is 2. The Labute approximate surface area is 158 Å². The second kappa shape index (κ2) is 8.12. The molecule has 2 aromatic rings. The molecule has 3 rings (SSSR count). The summed E-state index contributed by atoms with van der Waals surface area (Å²) < 4.78 is 19.0. The number of halogens is 1. The van der Waals surface area contributed by atoms with E-state index in [1.807, 2.05) is 10.6 Å². The number of carbonyl (C=O) groups excluding carboxylic acids is 4. The molecule has 1 saturated heterocycles. The third-order valence-electron chi connectivity index (χ3n) is 3.67. The Balaban J connectivity index is 1.72. The van der Waals surface area contributed by atoms with E-state index in [9.17, 15) is 23.6 Å². The summed E-state index contributed by atoms with van der Waals surface area (Å²) in [5, 5.41) is 6.31. The van der Waals surface area contributed by atoms with E-state index in [-0.39, 0.29) is 17.0 Å². The number of ether oxygens (including phenoxy) is 1. The van der Waals surface area contributed by atoms with Gasteiger partial charge >= 0.3 is 6.03 Å². The topological polar surface area (TPSA) is 114 Å². The molecule has 3 N–H and O–H groups in total. The molecule has 0 bridgehead atoms. The zero-order valence-electron chi connectivity index (χ0n) is 14.3. The molecular formula is C19H14FN3O5. The lowest BCUT2D eigenvalue weighted by Gasteiger charge is -2.15. The molecule has 0 aliphatic carbocycles. The van der Waals surface area contributed by atoms with Crippen LogP contribution in [0, 0.1) is 5.82 Å². The van der Waals surface area contributed by atoms with Crippen LogP contribution >= 0.6 is 0 Å². The Bertz CT molecular complexity index is 981. The molecular weight excluding hydrogens is 369 g/mol. The number of barbiturate groups is 1. The Hall–Kier alpha value is -4.01. The zero-order chi connectivity index (χ0) is 20.1. The highest BCUT2D eigenvalue weighted by atomic mass is 19.1. The van der Waals surface area contributed by atoms with E-state index in [0.717, 1.165) is 0 Å². The Morgan fingerprint density at radius 3 is 2.36 bits per heavy atom. The van der Waals surface area contributed by atoms with E-state index in [2.05, 4.69) is 5.32 Å². The number of amides is 5. The van der Waals surface area contributed by atoms with Crippen LogP contribution in [0.15, 0.2) is 54.1 Å². The fourth-order valence-electron chi connectivity index (χ4n) is 2.39. The van der Waals surface area contributed by atoms with E-state index in [0.29, 0.717) is 5.56 Å². The van der Waals surface area contributed by atoms with Crippen LogP contribution in [0.25, 0.3) is 6.08 Å². The van der Waals surface area contributed by atoms with Crippen molar-refractivity contribution in [2.45, 2.75) is 0 Å². The number of carbonyl (C=O) groups is 4. The van der Waals surface area contributed by atoms with Gasteiger partial charge in [0, 0.05) is 5.56 Å². The fourth-order valence-corrected chi connectivity index (χ4v) is 2.39. The van der Waals surface area contributed by atoms with Gasteiger partial charge in [-0.15, -0.1) is 0 Å². The summed E-state index contributed by atoms with van der Waals surface area (Å²) in [6.45, 7) is -0.425. The lowest BCUT2D eigenvalue weighted by atomic mass is 10.1. The van der Waals surface area contributed by atoms with Crippen LogP contribution in [-0.4, -0.2) is 30.4 Å². The first-order chi connectivity index (χ1) is 13.4. The van der Waals surface area contributed by atoms with Crippen LogP contribution in [0.1, 0.15) is 5.56 Å². The SMILES string of the molecule is O=C(COc1ccccc1C=C1C(=O)NC(=O)NC1=O)Nc1ccccc1F. The lowest BCUT2D eigenvalue weighted by molar-refractivity contribution is -0.124. The normalized spacial score (nSPS) is 13.5. The smallest absolute Gasteiger partial charge is 0.328 e. The molecule has 0 saturated carbocycles. The Morgan fingerprint density at radius 2 is 1.64 bits per heavy atom. The van der Waals surface area contributed by atoms with Gasteiger partial charge < -0.3 is 10.1 Å². The van der Waals surface area contributed by atoms with Gasteiger partial charge in [0.25, 0.3) is 17.7 Å². The lowest BCUT2D eigenvalue weighted by Crippen LogP contribution is -2.51. The van der Waals surface area contributed by atoms with E-state index in [4.69, 9.17) is 4.74 Å². The van der Waals surface area contributed by atoms with E-state index in [1.54, 1.807) is 24.3 Å². The second-order valence-corrected chi connectivity index (χ2v) is 5.65. The van der Waals surface area contributed by atoms with E-state index < -0.39 is 36.2 Å². The number of hydrogen-bond donors (Lipinski definition) is 3. The molecule has 1 fully saturated rings. The number of nitrogens with one attached hydrogen (secondary N) is 3. The molecule has 0 atom stereocenters. The monoisotopic (exact) mass is 383 g/mol. The molecule has 1 heterocycles. The summed E-state index contributed by atoms with van der Waals surface area (Å²) in [6, 6.07) is 11.2.